The van der Waals surface area contributed by atoms with Crippen LogP contribution < -0.4 is 19.6 Å². The Morgan fingerprint density at radius 3 is 0.587 bits per heavy atom. The lowest BCUT2D eigenvalue weighted by Gasteiger charge is -2.29. The Hall–Kier alpha value is -12.4. The van der Waals surface area contributed by atoms with Gasteiger partial charge in [-0.25, -0.2) is 0 Å². The van der Waals surface area contributed by atoms with Gasteiger partial charge in [-0.05, 0) is 249 Å². The van der Waals surface area contributed by atoms with E-state index in [1.54, 1.807) is 0 Å². The molecule has 0 bridgehead atoms. The van der Waals surface area contributed by atoms with Gasteiger partial charge in [0.05, 0.1) is 0 Å². The predicted molar refractivity (Wildman–Crippen MR) is 450 cm³/mol. The van der Waals surface area contributed by atoms with Gasteiger partial charge in [-0.2, -0.15) is 0 Å². The van der Waals surface area contributed by atoms with Gasteiger partial charge < -0.3 is 19.6 Å². The summed E-state index contributed by atoms with van der Waals surface area (Å²) in [5.74, 6) is 0. The molecule has 0 saturated carbocycles. The number of para-hydroxylation sites is 2. The van der Waals surface area contributed by atoms with Crippen LogP contribution >= 0.6 is 45.3 Å². The van der Waals surface area contributed by atoms with Crippen molar-refractivity contribution in [2.24, 2.45) is 0 Å². The van der Waals surface area contributed by atoms with Crippen molar-refractivity contribution in [1.29, 1.82) is 0 Å². The smallest absolute Gasteiger partial charge is 0.0463 e. The van der Waals surface area contributed by atoms with E-state index < -0.39 is 0 Å². The Morgan fingerprint density at radius 2 is 0.327 bits per heavy atom. The molecule has 4 heterocycles. The number of rotatable bonds is 19. The van der Waals surface area contributed by atoms with Crippen molar-refractivity contribution in [3.63, 3.8) is 0 Å². The van der Waals surface area contributed by atoms with Crippen molar-refractivity contribution >= 4 is 134 Å². The molecule has 18 rings (SSSR count). The van der Waals surface area contributed by atoms with E-state index in [4.69, 9.17) is 0 Å². The van der Waals surface area contributed by atoms with Gasteiger partial charge in [0.25, 0.3) is 0 Å². The fraction of sp³-hybridized carbons (Fsp3) is 0. The summed E-state index contributed by atoms with van der Waals surface area (Å²) in [5, 5.41) is 2.55. The second kappa shape index (κ2) is 28.6. The Balaban J connectivity index is 0.666. The number of hydrogen-bond acceptors (Lipinski definition) is 8. The molecule has 18 aromatic rings. The van der Waals surface area contributed by atoms with Crippen molar-refractivity contribution in [3.8, 4) is 73.8 Å². The van der Waals surface area contributed by atoms with Crippen LogP contribution in [-0.4, -0.2) is 0 Å². The highest BCUT2D eigenvalue weighted by Gasteiger charge is 2.21. The highest BCUT2D eigenvalue weighted by Crippen LogP contribution is 2.46. The van der Waals surface area contributed by atoms with Crippen LogP contribution in [0.4, 0.5) is 68.2 Å². The number of hydrogen-bond donors (Lipinski definition) is 0. The average molecular weight is 1400 g/mol. The molecule has 0 unspecified atom stereocenters. The van der Waals surface area contributed by atoms with Crippen molar-refractivity contribution in [2.75, 3.05) is 19.6 Å². The summed E-state index contributed by atoms with van der Waals surface area (Å²) in [6, 6.07) is 146. The minimum absolute atomic E-state index is 1.05. The molecule has 0 amide bonds. The maximum atomic E-state index is 2.37. The van der Waals surface area contributed by atoms with Gasteiger partial charge in [-0.15, -0.1) is 45.3 Å². The summed E-state index contributed by atoms with van der Waals surface area (Å²) < 4.78 is 2.59. The first kappa shape index (κ1) is 63.8. The second-order valence-corrected chi connectivity index (χ2v) is 30.0. The summed E-state index contributed by atoms with van der Waals surface area (Å²) in [5.41, 5.74) is 22.3. The van der Waals surface area contributed by atoms with E-state index >= 15 is 0 Å². The zero-order valence-corrected chi connectivity index (χ0v) is 59.8. The maximum Gasteiger partial charge on any atom is 0.0463 e. The molecule has 104 heavy (non-hydrogen) atoms. The van der Waals surface area contributed by atoms with Crippen LogP contribution in [0, 0.1) is 0 Å². The van der Waals surface area contributed by atoms with Gasteiger partial charge in [0.1, 0.15) is 0 Å². The van der Waals surface area contributed by atoms with Crippen LogP contribution in [0.5, 0.6) is 0 Å². The lowest BCUT2D eigenvalue weighted by molar-refractivity contribution is 1.25. The molecule has 0 atom stereocenters. The monoisotopic (exact) mass is 1400 g/mol. The Labute approximate surface area is 622 Å². The Bertz CT molecular complexity index is 5480. The summed E-state index contributed by atoms with van der Waals surface area (Å²) in [4.78, 5) is 16.9. The molecule has 0 saturated heterocycles. The highest BCUT2D eigenvalue weighted by molar-refractivity contribution is 7.22. The summed E-state index contributed by atoms with van der Waals surface area (Å²) in [6.07, 6.45) is 0. The number of thiophene rings is 4. The van der Waals surface area contributed by atoms with Crippen LogP contribution in [0.2, 0.25) is 0 Å². The van der Waals surface area contributed by atoms with Gasteiger partial charge in [0, 0.05) is 107 Å². The molecule has 0 aliphatic carbocycles. The fourth-order valence-electron chi connectivity index (χ4n) is 13.9. The van der Waals surface area contributed by atoms with E-state index in [2.05, 4.69) is 420 Å². The Kier molecular flexibility index (Phi) is 17.5. The van der Waals surface area contributed by atoms with Crippen molar-refractivity contribution < 1.29 is 0 Å². The first-order chi connectivity index (χ1) is 51.5. The molecular formula is C96H66N4S4. The molecule has 0 fully saturated rings. The van der Waals surface area contributed by atoms with E-state index in [1.165, 1.54) is 82.8 Å². The molecule has 4 nitrogen and oxygen atoms in total. The van der Waals surface area contributed by atoms with E-state index in [1.807, 2.05) is 45.3 Å². The Morgan fingerprint density at radius 1 is 0.135 bits per heavy atom. The third-order valence-electron chi connectivity index (χ3n) is 19.2. The normalized spacial score (nSPS) is 11.3. The SMILES string of the molecule is c1ccc(-c2ccc(-c3ccc(N(c4ccc(-c5ccc(N(c6ccc(-c7ccc(-c8ccccc8)s7)cc6)c6ccc(N(c7ccccc7)c7ccc(-c8cc9ccccc9s8)cc7)cc6)cc5)cc4)c4ccc(N(c5ccccc5)c5ccc(-c6cc7ccccc7s6)cc5)cc4)cc3)s2)cc1. The van der Waals surface area contributed by atoms with E-state index in [9.17, 15) is 0 Å². The molecule has 0 N–H and O–H groups in total. The zero-order chi connectivity index (χ0) is 69.1. The first-order valence-corrected chi connectivity index (χ1v) is 38.2. The van der Waals surface area contributed by atoms with Gasteiger partial charge in [-0.3, -0.25) is 0 Å². The van der Waals surface area contributed by atoms with E-state index in [-0.39, 0.29) is 0 Å². The third-order valence-corrected chi connectivity index (χ3v) is 23.9. The van der Waals surface area contributed by atoms with Crippen LogP contribution in [0.25, 0.3) is 93.9 Å². The second-order valence-electron chi connectivity index (χ2n) is 25.7. The van der Waals surface area contributed by atoms with E-state index in [0.29, 0.717) is 0 Å². The molecule has 0 aliphatic heterocycles. The first-order valence-electron chi connectivity index (χ1n) is 34.9. The van der Waals surface area contributed by atoms with E-state index in [0.717, 1.165) is 79.4 Å². The largest absolute Gasteiger partial charge is 0.311 e. The van der Waals surface area contributed by atoms with Gasteiger partial charge >= 0.3 is 0 Å². The van der Waals surface area contributed by atoms with Gasteiger partial charge in [0.2, 0.25) is 0 Å². The number of benzene rings is 14. The van der Waals surface area contributed by atoms with Crippen LogP contribution in [0.15, 0.2) is 400 Å². The highest BCUT2D eigenvalue weighted by atomic mass is 32.1. The molecule has 494 valence electrons. The molecule has 8 heteroatoms. The summed E-state index contributed by atoms with van der Waals surface area (Å²) in [7, 11) is 0. The average Bonchev–Trinajstić information content (AvgIpc) is 0.935. The van der Waals surface area contributed by atoms with Crippen molar-refractivity contribution in [2.45, 2.75) is 0 Å². The topological polar surface area (TPSA) is 13.0 Å². The molecule has 4 aromatic heterocycles. The summed E-state index contributed by atoms with van der Waals surface area (Å²) in [6.45, 7) is 0. The minimum Gasteiger partial charge on any atom is -0.311 e. The van der Waals surface area contributed by atoms with Crippen molar-refractivity contribution in [3.05, 3.63) is 400 Å². The van der Waals surface area contributed by atoms with Gasteiger partial charge in [0.15, 0.2) is 0 Å². The van der Waals surface area contributed by atoms with Gasteiger partial charge in [-0.1, -0.05) is 206 Å². The lowest BCUT2D eigenvalue weighted by Crippen LogP contribution is -2.12. The van der Waals surface area contributed by atoms with Crippen LogP contribution in [-0.2, 0) is 0 Å². The number of fused-ring (bicyclic) bond motifs is 2. The summed E-state index contributed by atoms with van der Waals surface area (Å²) >= 11 is 7.32. The maximum absolute atomic E-state index is 2.37. The zero-order valence-electron chi connectivity index (χ0n) is 56.5. The standard InChI is InChI=1S/C96H66N4S4/c1-5-17-69(18-6-1)91-61-63-93(101-91)71-33-45-83(46-34-71)99(87-57-53-85(54-58-87)97(77-23-9-3-10-24-77)81-49-37-73(38-50-81)95-65-75-21-13-15-27-89(75)103-95)79-41-29-67(30-42-79)68-31-43-80(44-32-68)100(84-47-35-72(36-48-84)94-64-62-92(102-94)70-19-7-2-8-20-70)88-59-55-86(56-60-88)98(78-25-11-4-12-26-78)82-51-39-74(40-52-82)96-66-76-22-14-16-28-90(76)104-96/h1-66H. The minimum atomic E-state index is 1.05. The molecule has 0 spiro atoms. The lowest BCUT2D eigenvalue weighted by atomic mass is 10.0. The number of anilines is 12. The third kappa shape index (κ3) is 13.1. The number of nitrogens with zero attached hydrogens (tertiary/aromatic N) is 4. The molecule has 0 radical (unpaired) electrons. The van der Waals surface area contributed by atoms with Crippen LogP contribution in [0.1, 0.15) is 0 Å². The molecule has 0 aliphatic rings. The molecule has 14 aromatic carbocycles. The van der Waals surface area contributed by atoms with Crippen LogP contribution in [0.3, 0.4) is 0 Å². The molecular weight excluding hydrogens is 1340 g/mol. The van der Waals surface area contributed by atoms with Crippen molar-refractivity contribution in [1.82, 2.24) is 0 Å². The predicted octanol–water partition coefficient (Wildman–Crippen LogP) is 29.8. The fourth-order valence-corrected chi connectivity index (χ4v) is 18.1. The quantitative estimate of drug-likeness (QED) is 0.0800.